The monoisotopic (exact) mass is 126 g/mol. The number of nitrogens with two attached hydrogens (primary N) is 1. The topological polar surface area (TPSA) is 68.2 Å². The minimum absolute atomic E-state index is 0.0440. The second-order valence-corrected chi connectivity index (χ2v) is 1.60. The van der Waals surface area contributed by atoms with E-state index in [1.165, 1.54) is 18.2 Å². The van der Waals surface area contributed by atoms with Crippen molar-refractivity contribution in [2.75, 3.05) is 5.73 Å². The Bertz CT molecular complexity index is 266. The van der Waals surface area contributed by atoms with Crippen LogP contribution in [0.3, 0.4) is 0 Å². The predicted octanol–water partition coefficient (Wildman–Crippen LogP) is -0.332. The average Bonchev–Trinajstić information content (AvgIpc) is 1.83. The summed E-state index contributed by atoms with van der Waals surface area (Å²) >= 11 is 0. The van der Waals surface area contributed by atoms with Crippen molar-refractivity contribution >= 4 is 5.82 Å². The van der Waals surface area contributed by atoms with Crippen LogP contribution >= 0.6 is 0 Å². The molecule has 0 aliphatic carbocycles. The molecule has 1 aromatic heterocycles. The summed E-state index contributed by atoms with van der Waals surface area (Å²) < 4.78 is 0.389. The number of anilines is 1. The van der Waals surface area contributed by atoms with Crippen LogP contribution < -0.4 is 11.3 Å². The molecule has 0 aromatic carbocycles. The van der Waals surface area contributed by atoms with Crippen LogP contribution in [0.15, 0.2) is 23.0 Å². The molecule has 0 unspecified atom stereocenters. The van der Waals surface area contributed by atoms with Gasteiger partial charge in [-0.2, -0.15) is 0 Å². The number of pyridine rings is 1. The lowest BCUT2D eigenvalue weighted by molar-refractivity contribution is 0.181. The minimum Gasteiger partial charge on any atom is -0.423 e. The number of nitrogen functional groups attached to an aromatic ring is 1. The molecule has 0 saturated carbocycles. The van der Waals surface area contributed by atoms with Gasteiger partial charge in [-0.25, -0.2) is 0 Å². The summed E-state index contributed by atoms with van der Waals surface area (Å²) in [6.45, 7) is 0. The average molecular weight is 126 g/mol. The van der Waals surface area contributed by atoms with Gasteiger partial charge in [-0.1, -0.05) is 6.07 Å². The van der Waals surface area contributed by atoms with E-state index in [0.717, 1.165) is 0 Å². The first-order chi connectivity index (χ1) is 4.22. The highest BCUT2D eigenvalue weighted by Gasteiger charge is 1.92. The lowest BCUT2D eigenvalue weighted by atomic mass is 10.5. The quantitative estimate of drug-likeness (QED) is 0.467. The Balaban J connectivity index is 3.43. The first-order valence-corrected chi connectivity index (χ1v) is 2.38. The van der Waals surface area contributed by atoms with Gasteiger partial charge in [0.1, 0.15) is 5.82 Å². The van der Waals surface area contributed by atoms with Crippen LogP contribution in [0.2, 0.25) is 0 Å². The van der Waals surface area contributed by atoms with Crippen LogP contribution in [0.5, 0.6) is 0 Å². The molecule has 0 amide bonds. The SMILES string of the molecule is Nc1cccc(=O)n1O. The fraction of sp³-hybridized carbons (Fsp3) is 0. The maximum atomic E-state index is 10.5. The van der Waals surface area contributed by atoms with Gasteiger partial charge in [-0.05, 0) is 6.07 Å². The molecule has 0 aliphatic rings. The molecule has 1 heterocycles. The molecule has 0 bridgehead atoms. The van der Waals surface area contributed by atoms with Gasteiger partial charge >= 0.3 is 0 Å². The Morgan fingerprint density at radius 3 is 2.67 bits per heavy atom. The maximum Gasteiger partial charge on any atom is 0.284 e. The van der Waals surface area contributed by atoms with E-state index in [9.17, 15) is 4.79 Å². The highest BCUT2D eigenvalue weighted by atomic mass is 16.5. The van der Waals surface area contributed by atoms with Crippen LogP contribution in [-0.4, -0.2) is 9.94 Å². The van der Waals surface area contributed by atoms with Crippen molar-refractivity contribution in [3.8, 4) is 0 Å². The highest BCUT2D eigenvalue weighted by molar-refractivity contribution is 5.26. The second-order valence-electron chi connectivity index (χ2n) is 1.60. The van der Waals surface area contributed by atoms with Crippen LogP contribution in [0.25, 0.3) is 0 Å². The van der Waals surface area contributed by atoms with Crippen molar-refractivity contribution in [2.45, 2.75) is 0 Å². The molecule has 3 N–H and O–H groups in total. The Labute approximate surface area is 51.1 Å². The van der Waals surface area contributed by atoms with E-state index in [2.05, 4.69) is 0 Å². The lowest BCUT2D eigenvalue weighted by Gasteiger charge is -1.96. The Kier molecular flexibility index (Phi) is 1.14. The summed E-state index contributed by atoms with van der Waals surface area (Å²) in [5.74, 6) is 0.0440. The molecule has 0 radical (unpaired) electrons. The normalized spacial score (nSPS) is 9.33. The first kappa shape index (κ1) is 5.68. The standard InChI is InChI=1S/C5H6N2O2/c6-4-2-1-3-5(8)7(4)9/h1-3,9H,6H2. The molecule has 48 valence electrons. The van der Waals surface area contributed by atoms with Crippen molar-refractivity contribution in [1.29, 1.82) is 0 Å². The van der Waals surface area contributed by atoms with Gasteiger partial charge in [0, 0.05) is 6.07 Å². The largest absolute Gasteiger partial charge is 0.423 e. The van der Waals surface area contributed by atoms with Gasteiger partial charge in [-0.15, -0.1) is 4.73 Å². The summed E-state index contributed by atoms with van der Waals surface area (Å²) in [5, 5.41) is 8.69. The molecule has 0 aliphatic heterocycles. The Morgan fingerprint density at radius 1 is 1.56 bits per heavy atom. The molecule has 4 nitrogen and oxygen atoms in total. The number of rotatable bonds is 0. The van der Waals surface area contributed by atoms with E-state index in [1.54, 1.807) is 0 Å². The van der Waals surface area contributed by atoms with Crippen LogP contribution in [0, 0.1) is 0 Å². The van der Waals surface area contributed by atoms with E-state index in [4.69, 9.17) is 10.9 Å². The Morgan fingerprint density at radius 2 is 2.22 bits per heavy atom. The summed E-state index contributed by atoms with van der Waals surface area (Å²) in [6, 6.07) is 4.13. The van der Waals surface area contributed by atoms with Crippen LogP contribution in [0.1, 0.15) is 0 Å². The fourth-order valence-electron chi connectivity index (χ4n) is 0.497. The molecule has 9 heavy (non-hydrogen) atoms. The first-order valence-electron chi connectivity index (χ1n) is 2.38. The number of aromatic nitrogens is 1. The van der Waals surface area contributed by atoms with Gasteiger partial charge in [0.2, 0.25) is 0 Å². The van der Waals surface area contributed by atoms with E-state index < -0.39 is 5.56 Å². The van der Waals surface area contributed by atoms with E-state index in [1.807, 2.05) is 0 Å². The van der Waals surface area contributed by atoms with Crippen molar-refractivity contribution in [1.82, 2.24) is 4.73 Å². The van der Waals surface area contributed by atoms with Crippen molar-refractivity contribution in [3.63, 3.8) is 0 Å². The summed E-state index contributed by atoms with van der Waals surface area (Å²) in [4.78, 5) is 10.5. The van der Waals surface area contributed by atoms with Gasteiger partial charge < -0.3 is 10.9 Å². The van der Waals surface area contributed by atoms with Gasteiger partial charge in [0.25, 0.3) is 5.56 Å². The maximum absolute atomic E-state index is 10.5. The zero-order valence-corrected chi connectivity index (χ0v) is 4.61. The third-order valence-electron chi connectivity index (χ3n) is 0.959. The number of nitrogens with zero attached hydrogens (tertiary/aromatic N) is 1. The van der Waals surface area contributed by atoms with Crippen molar-refractivity contribution < 1.29 is 5.21 Å². The summed E-state index contributed by atoms with van der Waals surface area (Å²) in [7, 11) is 0. The molecule has 4 heteroatoms. The van der Waals surface area contributed by atoms with E-state index in [-0.39, 0.29) is 5.82 Å². The van der Waals surface area contributed by atoms with Gasteiger partial charge in [0.05, 0.1) is 0 Å². The molecule has 0 spiro atoms. The molecular weight excluding hydrogens is 120 g/mol. The van der Waals surface area contributed by atoms with Gasteiger partial charge in [-0.3, -0.25) is 4.79 Å². The van der Waals surface area contributed by atoms with E-state index >= 15 is 0 Å². The molecule has 0 atom stereocenters. The number of hydrogen-bond acceptors (Lipinski definition) is 3. The van der Waals surface area contributed by atoms with Crippen LogP contribution in [0.4, 0.5) is 5.82 Å². The van der Waals surface area contributed by atoms with Crippen LogP contribution in [-0.2, 0) is 0 Å². The summed E-state index contributed by atoms with van der Waals surface area (Å²) in [6.07, 6.45) is 0. The smallest absolute Gasteiger partial charge is 0.284 e. The molecule has 1 aromatic rings. The fourth-order valence-corrected chi connectivity index (χ4v) is 0.497. The van der Waals surface area contributed by atoms with E-state index in [0.29, 0.717) is 4.73 Å². The van der Waals surface area contributed by atoms with Crippen molar-refractivity contribution in [2.24, 2.45) is 0 Å². The highest BCUT2D eigenvalue weighted by Crippen LogP contribution is 1.90. The molecule has 1 rings (SSSR count). The molecule has 0 fully saturated rings. The summed E-state index contributed by atoms with van der Waals surface area (Å²) in [5.41, 5.74) is 4.62. The third-order valence-corrected chi connectivity index (χ3v) is 0.959. The third kappa shape index (κ3) is 0.861. The predicted molar refractivity (Wildman–Crippen MR) is 32.3 cm³/mol. The lowest BCUT2D eigenvalue weighted by Crippen LogP contribution is -2.18. The molecule has 0 saturated heterocycles. The zero-order valence-electron chi connectivity index (χ0n) is 4.61. The second kappa shape index (κ2) is 1.81. The van der Waals surface area contributed by atoms with Gasteiger partial charge in [0.15, 0.2) is 0 Å². The Hall–Kier alpha value is -1.45. The number of hydrogen-bond donors (Lipinski definition) is 2. The minimum atomic E-state index is -0.519. The van der Waals surface area contributed by atoms with Crippen molar-refractivity contribution in [3.05, 3.63) is 28.6 Å². The zero-order chi connectivity index (χ0) is 6.85. The molecular formula is C5H6N2O2.